The topological polar surface area (TPSA) is 0 Å². The van der Waals surface area contributed by atoms with E-state index in [-0.39, 0.29) is 197 Å². The molecule has 0 amide bonds. The Morgan fingerprint density at radius 1 is 0.171 bits per heavy atom. The van der Waals surface area contributed by atoms with E-state index in [1.807, 2.05) is 0 Å². The fourth-order valence-electron chi connectivity index (χ4n) is 7.15. The predicted octanol–water partition coefficient (Wildman–Crippen LogP) is 30.4. The molecular formula is C48H8Cl28. The summed E-state index contributed by atoms with van der Waals surface area (Å²) >= 11 is 189. The average Bonchev–Trinajstić information content (AvgIpc) is 3.39. The van der Waals surface area contributed by atoms with Crippen LogP contribution in [0, 0.1) is 11.8 Å². The number of rotatable bonds is 10. The minimum absolute atomic E-state index is 0.0884. The van der Waals surface area contributed by atoms with Gasteiger partial charge in [-0.2, -0.15) is 0 Å². The molecule has 0 aliphatic heterocycles. The van der Waals surface area contributed by atoms with Gasteiger partial charge < -0.3 is 0 Å². The molecule has 0 nitrogen and oxygen atoms in total. The lowest BCUT2D eigenvalue weighted by atomic mass is 9.84. The second kappa shape index (κ2) is 26.4. The van der Waals surface area contributed by atoms with E-state index in [0.717, 1.165) is 0 Å². The van der Waals surface area contributed by atoms with Crippen molar-refractivity contribution < 1.29 is 0 Å². The molecule has 0 aliphatic carbocycles. The van der Waals surface area contributed by atoms with Crippen LogP contribution in [0.5, 0.6) is 0 Å². The van der Waals surface area contributed by atoms with Crippen molar-refractivity contribution in [1.29, 1.82) is 0 Å². The van der Waals surface area contributed by atoms with Crippen LogP contribution in [0.1, 0.15) is 55.6 Å². The third-order valence-electron chi connectivity index (χ3n) is 10.8. The first-order valence-corrected chi connectivity index (χ1v) is 30.0. The Morgan fingerprint density at radius 3 is 0.461 bits per heavy atom. The second-order valence-electron chi connectivity index (χ2n) is 15.0. The summed E-state index contributed by atoms with van der Waals surface area (Å²) in [5.74, 6) is -0.191. The number of hydrogen-bond donors (Lipinski definition) is 0. The highest BCUT2D eigenvalue weighted by atomic mass is 35.5. The molecule has 0 spiro atoms. The van der Waals surface area contributed by atoms with Gasteiger partial charge in [-0.1, -0.05) is 373 Å². The molecule has 0 saturated carbocycles. The van der Waals surface area contributed by atoms with E-state index in [0.29, 0.717) is 11.1 Å². The zero-order chi connectivity index (χ0) is 56.8. The maximum absolute atomic E-state index is 7.09. The Hall–Kier alpha value is 2.14. The van der Waals surface area contributed by atoms with Gasteiger partial charge in [-0.15, -0.1) is 0 Å². The highest BCUT2D eigenvalue weighted by Crippen LogP contribution is 2.60. The maximum Gasteiger partial charge on any atom is 0.0809 e. The molecule has 0 aromatic heterocycles. The van der Waals surface area contributed by atoms with Crippen LogP contribution < -0.4 is 0 Å². The molecule has 0 bridgehead atoms. The second-order valence-corrected chi connectivity index (χ2v) is 25.5. The fourth-order valence-corrected chi connectivity index (χ4v) is 14.8. The predicted molar refractivity (Wildman–Crippen MR) is 344 cm³/mol. The monoisotopic (exact) mass is 1560 g/mol. The van der Waals surface area contributed by atoms with Crippen LogP contribution >= 0.6 is 325 Å². The number of halogens is 28. The van der Waals surface area contributed by atoms with Crippen molar-refractivity contribution >= 4 is 349 Å². The number of benzene rings is 7. The van der Waals surface area contributed by atoms with Gasteiger partial charge in [-0.05, 0) is 11.1 Å². The summed E-state index contributed by atoms with van der Waals surface area (Å²) in [5, 5.41) is -5.25. The lowest BCUT2D eigenvalue weighted by molar-refractivity contribution is 1.23. The summed E-state index contributed by atoms with van der Waals surface area (Å²) < 4.78 is 0. The Labute approximate surface area is 573 Å². The molecule has 0 N–H and O–H groups in total. The zero-order valence-electron chi connectivity index (χ0n) is 35.2. The van der Waals surface area contributed by atoms with Crippen molar-refractivity contribution in [2.75, 3.05) is 0 Å². The zero-order valence-corrected chi connectivity index (χ0v) is 56.4. The standard InChI is InChI=1S/C48H8Cl28/c49-21-11(22(50)26(54)15(25(21)53)13(17-29(57)37(65)45(73)38(66)30(17)58)18-31(59)39(67)46(74)40(68)32(18)60)7-5-9-1-2-10(4-3-9)6-8-12-23(51)27(55)16(28(56)24(12)52)14(19-33(61)41(69)47(75)42(70)34(19)62)20-35(63)43(71)48(76)44(72)36(20)64/h1-8H/b7-5+,8-6+. The van der Waals surface area contributed by atoms with Crippen molar-refractivity contribution in [1.82, 2.24) is 0 Å². The van der Waals surface area contributed by atoms with E-state index < -0.39 is 0 Å². The molecule has 7 aromatic rings. The summed E-state index contributed by atoms with van der Waals surface area (Å²) in [5.41, 5.74) is 1.08. The molecule has 0 atom stereocenters. The van der Waals surface area contributed by atoms with Gasteiger partial charge in [-0.25, -0.2) is 0 Å². The number of hydrogen-bond acceptors (Lipinski definition) is 0. The minimum Gasteiger partial charge on any atom is -0.0823 e. The molecule has 2 radical (unpaired) electrons. The Kier molecular flexibility index (Phi) is 22.8. The van der Waals surface area contributed by atoms with Crippen molar-refractivity contribution in [3.05, 3.63) is 232 Å². The van der Waals surface area contributed by atoms with Crippen LogP contribution in [0.3, 0.4) is 0 Å². The van der Waals surface area contributed by atoms with E-state index in [1.54, 1.807) is 48.6 Å². The van der Waals surface area contributed by atoms with Crippen LogP contribution in [-0.4, -0.2) is 0 Å². The first kappa shape index (κ1) is 65.7. The first-order chi connectivity index (χ1) is 35.4. The normalized spacial score (nSPS) is 12.1. The van der Waals surface area contributed by atoms with Gasteiger partial charge in [0.05, 0.1) is 152 Å². The quantitative estimate of drug-likeness (QED) is 0.0554. The highest BCUT2D eigenvalue weighted by Gasteiger charge is 2.40. The molecule has 0 fully saturated rings. The summed E-state index contributed by atoms with van der Waals surface area (Å²) in [6, 6.07) is 7.04. The van der Waals surface area contributed by atoms with Gasteiger partial charge >= 0.3 is 0 Å². The SMILES string of the molecule is Clc1c(Cl)c(Cl)c([C](c2c(Cl)c(Cl)c(Cl)c(Cl)c2Cl)c2c(Cl)c(Cl)c(/C=C/c3ccc(/C=C/c4c(Cl)c(Cl)c([C](c5c(Cl)c(Cl)c(Cl)c(Cl)c5Cl)c5c(Cl)c(Cl)c(Cl)c(Cl)c5Cl)c(Cl)c4Cl)cc3)c(Cl)c2Cl)c(Cl)c1Cl. The largest absolute Gasteiger partial charge is 0.0823 e. The molecule has 7 aromatic carbocycles. The fraction of sp³-hybridized carbons (Fsp3) is 0. The third-order valence-corrected chi connectivity index (χ3v) is 23.3. The molecule has 0 aliphatic rings. The van der Waals surface area contributed by atoms with Gasteiger partial charge in [0.25, 0.3) is 0 Å². The van der Waals surface area contributed by atoms with Gasteiger partial charge in [-0.3, -0.25) is 0 Å². The average molecular weight is 1580 g/mol. The molecule has 0 heterocycles. The smallest absolute Gasteiger partial charge is 0.0809 e. The first-order valence-electron chi connectivity index (χ1n) is 19.4. The molecule has 0 saturated heterocycles. The van der Waals surface area contributed by atoms with E-state index in [9.17, 15) is 0 Å². The summed E-state index contributed by atoms with van der Waals surface area (Å²) in [4.78, 5) is 0. The molecule has 7 rings (SSSR count). The van der Waals surface area contributed by atoms with Crippen molar-refractivity contribution in [3.8, 4) is 0 Å². The molecule has 0 unspecified atom stereocenters. The lowest BCUT2D eigenvalue weighted by Crippen LogP contribution is -2.12. The summed E-state index contributed by atoms with van der Waals surface area (Å²) in [6.07, 6.45) is 6.49. The summed E-state index contributed by atoms with van der Waals surface area (Å²) in [6.45, 7) is 0. The van der Waals surface area contributed by atoms with Gasteiger partial charge in [0, 0.05) is 44.5 Å². The van der Waals surface area contributed by atoms with E-state index in [1.165, 1.54) is 0 Å². The molecule has 28 heteroatoms. The van der Waals surface area contributed by atoms with E-state index in [2.05, 4.69) is 0 Å². The molecular weight excluding hydrogens is 1570 g/mol. The highest BCUT2D eigenvalue weighted by molar-refractivity contribution is 6.60. The van der Waals surface area contributed by atoms with Crippen molar-refractivity contribution in [2.24, 2.45) is 0 Å². The van der Waals surface area contributed by atoms with Gasteiger partial charge in [0.2, 0.25) is 0 Å². The maximum atomic E-state index is 7.09. The Balaban J connectivity index is 1.29. The van der Waals surface area contributed by atoms with Gasteiger partial charge in [0.1, 0.15) is 0 Å². The molecule has 76 heavy (non-hydrogen) atoms. The van der Waals surface area contributed by atoms with Crippen LogP contribution in [0.2, 0.25) is 141 Å². The Morgan fingerprint density at radius 2 is 0.303 bits per heavy atom. The third kappa shape index (κ3) is 11.9. The van der Waals surface area contributed by atoms with Crippen LogP contribution in [0.25, 0.3) is 24.3 Å². The van der Waals surface area contributed by atoms with Crippen molar-refractivity contribution in [2.45, 2.75) is 0 Å². The van der Waals surface area contributed by atoms with Crippen molar-refractivity contribution in [3.63, 3.8) is 0 Å². The minimum atomic E-state index is -0.223. The van der Waals surface area contributed by atoms with Gasteiger partial charge in [0.15, 0.2) is 0 Å². The van der Waals surface area contributed by atoms with Crippen LogP contribution in [-0.2, 0) is 0 Å². The van der Waals surface area contributed by atoms with E-state index in [4.69, 9.17) is 325 Å². The summed E-state index contributed by atoms with van der Waals surface area (Å²) in [7, 11) is 0. The van der Waals surface area contributed by atoms with Crippen LogP contribution in [0.4, 0.5) is 0 Å². The van der Waals surface area contributed by atoms with Crippen LogP contribution in [0.15, 0.2) is 24.3 Å². The Bertz CT molecular complexity index is 3140. The lowest BCUT2D eigenvalue weighted by Gasteiger charge is -2.28. The van der Waals surface area contributed by atoms with E-state index >= 15 is 0 Å². The molecule has 396 valence electrons.